The predicted molar refractivity (Wildman–Crippen MR) is 100 cm³/mol. The molecule has 0 aliphatic carbocycles. The summed E-state index contributed by atoms with van der Waals surface area (Å²) in [6, 6.07) is 8.22. The zero-order chi connectivity index (χ0) is 19.8. The van der Waals surface area contributed by atoms with Crippen LogP contribution in [0.3, 0.4) is 0 Å². The van der Waals surface area contributed by atoms with Gasteiger partial charge in [0.1, 0.15) is 23.2 Å². The van der Waals surface area contributed by atoms with E-state index in [4.69, 9.17) is 9.47 Å². The Morgan fingerprint density at radius 1 is 1.14 bits per heavy atom. The summed E-state index contributed by atoms with van der Waals surface area (Å²) in [4.78, 5) is 15.8. The highest BCUT2D eigenvalue weighted by molar-refractivity contribution is 6.04. The van der Waals surface area contributed by atoms with Crippen LogP contribution in [0.15, 0.2) is 42.7 Å². The highest BCUT2D eigenvalue weighted by Crippen LogP contribution is 2.52. The normalized spacial score (nSPS) is 15.8. The van der Waals surface area contributed by atoms with Crippen molar-refractivity contribution in [2.45, 2.75) is 18.9 Å². The summed E-state index contributed by atoms with van der Waals surface area (Å²) in [5.74, 6) is -0.901. The lowest BCUT2D eigenvalue weighted by Crippen LogP contribution is -2.22. The Bertz CT molecular complexity index is 1020. The monoisotopic (exact) mass is 381 g/mol. The molecule has 0 fully saturated rings. The predicted octanol–water partition coefficient (Wildman–Crippen LogP) is 3.44. The Kier molecular flexibility index (Phi) is 4.35. The van der Waals surface area contributed by atoms with Crippen LogP contribution in [0.2, 0.25) is 0 Å². The summed E-state index contributed by atoms with van der Waals surface area (Å²) in [6.07, 6.45) is 3.22. The molecule has 4 N–H and O–H groups in total. The van der Waals surface area contributed by atoms with Crippen molar-refractivity contribution in [3.63, 3.8) is 0 Å². The maximum absolute atomic E-state index is 12.9. The number of aromatic amines is 1. The van der Waals surface area contributed by atoms with E-state index in [9.17, 15) is 20.1 Å². The first-order chi connectivity index (χ1) is 13.5. The summed E-state index contributed by atoms with van der Waals surface area (Å²) in [5.41, 5.74) is 1.95. The van der Waals surface area contributed by atoms with Crippen molar-refractivity contribution < 1.29 is 29.6 Å². The number of carbonyl (C=O) groups is 1. The van der Waals surface area contributed by atoms with E-state index in [1.165, 1.54) is 19.2 Å². The number of ether oxygens (including phenoxy) is 2. The van der Waals surface area contributed by atoms with Gasteiger partial charge in [0.05, 0.1) is 13.5 Å². The lowest BCUT2D eigenvalue weighted by atomic mass is 9.91. The SMILES string of the molecule is COc1c(O)c(Cc2cc[nH]c2)c2c(c1O)C(=O)CC(c1ccc(O)cc1)O2. The van der Waals surface area contributed by atoms with Crippen LogP contribution in [0, 0.1) is 0 Å². The number of nitrogens with one attached hydrogen (secondary N) is 1. The molecule has 0 saturated heterocycles. The zero-order valence-corrected chi connectivity index (χ0v) is 15.1. The van der Waals surface area contributed by atoms with Gasteiger partial charge in [0, 0.05) is 24.4 Å². The minimum absolute atomic E-state index is 0.00946. The summed E-state index contributed by atoms with van der Waals surface area (Å²) < 4.78 is 11.2. The van der Waals surface area contributed by atoms with Crippen molar-refractivity contribution in [3.8, 4) is 28.7 Å². The molecule has 2 aromatic carbocycles. The molecule has 1 aliphatic heterocycles. The molecule has 144 valence electrons. The number of rotatable bonds is 4. The average molecular weight is 381 g/mol. The number of aromatic nitrogens is 1. The second-order valence-corrected chi connectivity index (χ2v) is 6.63. The number of phenols is 3. The fourth-order valence-corrected chi connectivity index (χ4v) is 3.48. The molecule has 1 aliphatic rings. The average Bonchev–Trinajstić information content (AvgIpc) is 3.19. The van der Waals surface area contributed by atoms with Gasteiger partial charge in [-0.25, -0.2) is 0 Å². The van der Waals surface area contributed by atoms with Crippen molar-refractivity contribution in [2.75, 3.05) is 7.11 Å². The third-order valence-electron chi connectivity index (χ3n) is 4.88. The third kappa shape index (κ3) is 2.90. The van der Waals surface area contributed by atoms with Gasteiger partial charge in [-0.05, 0) is 29.3 Å². The Morgan fingerprint density at radius 2 is 1.89 bits per heavy atom. The molecule has 3 aromatic rings. The van der Waals surface area contributed by atoms with Crippen LogP contribution in [0.5, 0.6) is 28.7 Å². The number of hydrogen-bond donors (Lipinski definition) is 4. The van der Waals surface area contributed by atoms with E-state index in [2.05, 4.69) is 4.98 Å². The Labute approximate surface area is 160 Å². The highest BCUT2D eigenvalue weighted by Gasteiger charge is 2.36. The van der Waals surface area contributed by atoms with Crippen LogP contribution >= 0.6 is 0 Å². The number of phenolic OH excluding ortho intramolecular Hbond substituents is 3. The van der Waals surface area contributed by atoms with Gasteiger partial charge in [0.15, 0.2) is 17.3 Å². The van der Waals surface area contributed by atoms with Crippen LogP contribution in [0.4, 0.5) is 0 Å². The molecule has 2 heterocycles. The van der Waals surface area contributed by atoms with Gasteiger partial charge in [-0.15, -0.1) is 0 Å². The molecular weight excluding hydrogens is 362 g/mol. The third-order valence-corrected chi connectivity index (χ3v) is 4.88. The van der Waals surface area contributed by atoms with Crippen LogP contribution in [0.25, 0.3) is 0 Å². The van der Waals surface area contributed by atoms with Gasteiger partial charge in [0.2, 0.25) is 5.75 Å². The topological polar surface area (TPSA) is 112 Å². The van der Waals surface area contributed by atoms with Gasteiger partial charge in [0.25, 0.3) is 0 Å². The Morgan fingerprint density at radius 3 is 2.54 bits per heavy atom. The fourth-order valence-electron chi connectivity index (χ4n) is 3.48. The first-order valence-electron chi connectivity index (χ1n) is 8.74. The van der Waals surface area contributed by atoms with Crippen molar-refractivity contribution in [2.24, 2.45) is 0 Å². The standard InChI is InChI=1S/C21H19NO6/c1-27-21-18(25)14(8-11-6-7-22-10-11)20-17(19(21)26)15(24)9-16(28-20)12-2-4-13(23)5-3-12/h2-7,10,16,22-23,25-26H,8-9H2,1H3. The number of carbonyl (C=O) groups excluding carboxylic acids is 1. The molecule has 1 unspecified atom stereocenters. The molecule has 0 spiro atoms. The molecule has 1 atom stereocenters. The van der Waals surface area contributed by atoms with E-state index in [0.29, 0.717) is 11.1 Å². The van der Waals surface area contributed by atoms with E-state index in [0.717, 1.165) is 5.56 Å². The van der Waals surface area contributed by atoms with Gasteiger partial charge >= 0.3 is 0 Å². The van der Waals surface area contributed by atoms with Gasteiger partial charge < -0.3 is 29.8 Å². The second-order valence-electron chi connectivity index (χ2n) is 6.63. The maximum atomic E-state index is 12.9. The van der Waals surface area contributed by atoms with Crippen LogP contribution in [-0.2, 0) is 6.42 Å². The van der Waals surface area contributed by atoms with Gasteiger partial charge in [-0.2, -0.15) is 0 Å². The number of Topliss-reactive ketones (excluding diaryl/α,β-unsaturated/α-hetero) is 1. The summed E-state index contributed by atoms with van der Waals surface area (Å²) in [7, 11) is 1.31. The lowest BCUT2D eigenvalue weighted by Gasteiger charge is -2.29. The molecule has 0 radical (unpaired) electrons. The van der Waals surface area contributed by atoms with E-state index in [1.54, 1.807) is 24.5 Å². The molecule has 0 bridgehead atoms. The molecule has 4 rings (SSSR count). The first-order valence-corrected chi connectivity index (χ1v) is 8.74. The smallest absolute Gasteiger partial charge is 0.204 e. The number of ketones is 1. The van der Waals surface area contributed by atoms with Crippen LogP contribution in [0.1, 0.15) is 39.6 Å². The van der Waals surface area contributed by atoms with Crippen molar-refractivity contribution >= 4 is 5.78 Å². The second kappa shape index (κ2) is 6.84. The Hall–Kier alpha value is -3.61. The molecule has 28 heavy (non-hydrogen) atoms. The molecule has 1 aromatic heterocycles. The van der Waals surface area contributed by atoms with E-state index in [1.807, 2.05) is 6.07 Å². The largest absolute Gasteiger partial charge is 0.508 e. The maximum Gasteiger partial charge on any atom is 0.204 e. The highest BCUT2D eigenvalue weighted by atomic mass is 16.5. The number of aromatic hydroxyl groups is 3. The first kappa shape index (κ1) is 17.8. The summed E-state index contributed by atoms with van der Waals surface area (Å²) in [6.45, 7) is 0. The zero-order valence-electron chi connectivity index (χ0n) is 15.1. The molecule has 7 heteroatoms. The summed E-state index contributed by atoms with van der Waals surface area (Å²) in [5, 5.41) is 30.7. The van der Waals surface area contributed by atoms with Crippen LogP contribution < -0.4 is 9.47 Å². The van der Waals surface area contributed by atoms with E-state index in [-0.39, 0.29) is 47.2 Å². The van der Waals surface area contributed by atoms with Gasteiger partial charge in [-0.3, -0.25) is 4.79 Å². The quantitative estimate of drug-likeness (QED) is 0.551. The number of hydrogen-bond acceptors (Lipinski definition) is 6. The lowest BCUT2D eigenvalue weighted by molar-refractivity contribution is 0.0840. The number of benzene rings is 2. The van der Waals surface area contributed by atoms with Crippen molar-refractivity contribution in [3.05, 3.63) is 65.0 Å². The fraction of sp³-hybridized carbons (Fsp3) is 0.190. The number of H-pyrrole nitrogens is 1. The molecular formula is C21H19NO6. The van der Waals surface area contributed by atoms with E-state index >= 15 is 0 Å². The van der Waals surface area contributed by atoms with Crippen molar-refractivity contribution in [1.82, 2.24) is 4.98 Å². The van der Waals surface area contributed by atoms with Crippen LogP contribution in [-0.4, -0.2) is 33.2 Å². The van der Waals surface area contributed by atoms with E-state index < -0.39 is 11.9 Å². The number of fused-ring (bicyclic) bond motifs is 1. The molecule has 0 saturated carbocycles. The molecule has 0 amide bonds. The number of methoxy groups -OCH3 is 1. The van der Waals surface area contributed by atoms with Gasteiger partial charge in [-0.1, -0.05) is 12.1 Å². The minimum Gasteiger partial charge on any atom is -0.508 e. The summed E-state index contributed by atoms with van der Waals surface area (Å²) >= 11 is 0. The Balaban J connectivity index is 1.85. The minimum atomic E-state index is -0.599. The molecule has 7 nitrogen and oxygen atoms in total. The van der Waals surface area contributed by atoms with Crippen molar-refractivity contribution in [1.29, 1.82) is 0 Å².